The first kappa shape index (κ1) is 25.5. The van der Waals surface area contributed by atoms with Crippen LogP contribution in [0.3, 0.4) is 0 Å². The number of nitrogens with two attached hydrogens (primary N) is 1. The first-order chi connectivity index (χ1) is 19.9. The molecule has 2 atom stereocenters. The van der Waals surface area contributed by atoms with Crippen LogP contribution in [0.1, 0.15) is 84.1 Å². The SMILES string of the molecule is C[C@H]1CCC(c2ccc3c(c2)CC2(CCN(C4CC4)CC2)O3)N(C(=O)c2cc3c4c(c(N)nc3cc2F)COC4)C1. The molecule has 5 heterocycles. The van der Waals surface area contributed by atoms with E-state index >= 15 is 4.39 Å². The summed E-state index contributed by atoms with van der Waals surface area (Å²) in [6.07, 6.45) is 7.62. The molecule has 3 fully saturated rings. The van der Waals surface area contributed by atoms with Gasteiger partial charge in [0.1, 0.15) is 23.0 Å². The van der Waals surface area contributed by atoms with Crippen LogP contribution in [0.25, 0.3) is 10.9 Å². The fraction of sp³-hybridized carbons (Fsp3) is 0.515. The van der Waals surface area contributed by atoms with E-state index in [9.17, 15) is 4.79 Å². The van der Waals surface area contributed by atoms with Gasteiger partial charge in [-0.3, -0.25) is 4.79 Å². The molecule has 8 rings (SSSR count). The smallest absolute Gasteiger partial charge is 0.257 e. The summed E-state index contributed by atoms with van der Waals surface area (Å²) in [5.74, 6) is 0.858. The first-order valence-corrected chi connectivity index (χ1v) is 15.2. The van der Waals surface area contributed by atoms with Gasteiger partial charge in [-0.1, -0.05) is 13.0 Å². The third-order valence-electron chi connectivity index (χ3n) is 10.2. The predicted molar refractivity (Wildman–Crippen MR) is 154 cm³/mol. The molecule has 214 valence electrons. The van der Waals surface area contributed by atoms with Crippen LogP contribution in [0.5, 0.6) is 5.75 Å². The highest BCUT2D eigenvalue weighted by atomic mass is 19.1. The average molecular weight is 557 g/mol. The quantitative estimate of drug-likeness (QED) is 0.457. The van der Waals surface area contributed by atoms with Gasteiger partial charge in [-0.15, -0.1) is 0 Å². The van der Waals surface area contributed by atoms with Crippen molar-refractivity contribution in [1.82, 2.24) is 14.8 Å². The molecule has 4 aliphatic heterocycles. The molecule has 7 nitrogen and oxygen atoms in total. The molecule has 1 spiro atoms. The number of pyridine rings is 1. The third kappa shape index (κ3) is 4.29. The van der Waals surface area contributed by atoms with Gasteiger partial charge >= 0.3 is 0 Å². The fourth-order valence-electron chi connectivity index (χ4n) is 7.71. The van der Waals surface area contributed by atoms with E-state index in [1.165, 1.54) is 24.5 Å². The van der Waals surface area contributed by atoms with E-state index in [-0.39, 0.29) is 23.1 Å². The van der Waals surface area contributed by atoms with Gasteiger partial charge in [-0.05, 0) is 66.5 Å². The van der Waals surface area contributed by atoms with Gasteiger partial charge in [0.05, 0.1) is 30.3 Å². The predicted octanol–water partition coefficient (Wildman–Crippen LogP) is 5.53. The average Bonchev–Trinajstić information content (AvgIpc) is 3.57. The molecule has 1 amide bonds. The molecule has 2 aromatic carbocycles. The van der Waals surface area contributed by atoms with Crippen molar-refractivity contribution in [1.29, 1.82) is 0 Å². The van der Waals surface area contributed by atoms with E-state index < -0.39 is 5.82 Å². The van der Waals surface area contributed by atoms with Gasteiger partial charge in [-0.2, -0.15) is 0 Å². The fourth-order valence-corrected chi connectivity index (χ4v) is 7.71. The second kappa shape index (κ2) is 9.39. The van der Waals surface area contributed by atoms with Crippen molar-refractivity contribution in [2.45, 2.75) is 82.8 Å². The zero-order chi connectivity index (χ0) is 27.9. The number of piperidine rings is 2. The number of aromatic nitrogens is 1. The molecule has 1 aliphatic carbocycles. The van der Waals surface area contributed by atoms with E-state index in [0.29, 0.717) is 37.0 Å². The minimum atomic E-state index is -0.563. The largest absolute Gasteiger partial charge is 0.487 e. The van der Waals surface area contributed by atoms with Gasteiger partial charge in [0, 0.05) is 62.0 Å². The Bertz CT molecular complexity index is 1560. The summed E-state index contributed by atoms with van der Waals surface area (Å²) in [7, 11) is 0. The van der Waals surface area contributed by atoms with Crippen LogP contribution in [0.4, 0.5) is 10.2 Å². The van der Waals surface area contributed by atoms with Crippen LogP contribution < -0.4 is 10.5 Å². The maximum Gasteiger partial charge on any atom is 0.257 e. The minimum Gasteiger partial charge on any atom is -0.487 e. The number of carbonyl (C=O) groups excluding carboxylic acids is 1. The topological polar surface area (TPSA) is 80.9 Å². The molecule has 5 aliphatic rings. The molecule has 41 heavy (non-hydrogen) atoms. The van der Waals surface area contributed by atoms with Crippen LogP contribution in [-0.2, 0) is 24.4 Å². The van der Waals surface area contributed by atoms with Crippen molar-refractivity contribution in [3.05, 3.63) is 64.0 Å². The molecular formula is C33H37FN4O3. The Labute approximate surface area is 239 Å². The van der Waals surface area contributed by atoms with E-state index in [1.54, 1.807) is 6.07 Å². The number of halogens is 1. The molecule has 2 N–H and O–H groups in total. The Morgan fingerprint density at radius 3 is 2.68 bits per heavy atom. The number of ether oxygens (including phenoxy) is 2. The standard InChI is InChI=1S/C33H37FN4O3/c1-19-2-6-29(20-3-7-30-21(12-20)15-33(41-30)8-10-37(11-9-33)22-4-5-22)38(16-19)32(39)24-13-23-25-17-40-18-26(25)31(35)36-28(23)14-27(24)34/h3,7,12-14,19,22,29H,2,4-6,8-11,15-18H2,1H3,(H2,35,36)/t19-,29?/m0/s1. The van der Waals surface area contributed by atoms with Gasteiger partial charge < -0.3 is 25.0 Å². The Kier molecular flexibility index (Phi) is 5.84. The molecule has 1 saturated carbocycles. The monoisotopic (exact) mass is 556 g/mol. The molecule has 3 aromatic rings. The molecule has 0 bridgehead atoms. The Morgan fingerprint density at radius 2 is 1.88 bits per heavy atom. The van der Waals surface area contributed by atoms with Crippen molar-refractivity contribution < 1.29 is 18.7 Å². The number of amides is 1. The summed E-state index contributed by atoms with van der Waals surface area (Å²) in [5, 5.41) is 0.741. The molecule has 8 heteroatoms. The number of anilines is 1. The number of rotatable bonds is 3. The minimum absolute atomic E-state index is 0.0862. The maximum absolute atomic E-state index is 15.5. The summed E-state index contributed by atoms with van der Waals surface area (Å²) < 4.78 is 27.7. The number of likely N-dealkylation sites (tertiary alicyclic amines) is 2. The Hall–Kier alpha value is -3.23. The normalized spacial score (nSPS) is 25.4. The van der Waals surface area contributed by atoms with Crippen LogP contribution >= 0.6 is 0 Å². The molecule has 1 unspecified atom stereocenters. The summed E-state index contributed by atoms with van der Waals surface area (Å²) >= 11 is 0. The number of carbonyl (C=O) groups is 1. The van der Waals surface area contributed by atoms with Crippen LogP contribution in [-0.4, -0.2) is 52.0 Å². The number of hydrogen-bond donors (Lipinski definition) is 1. The van der Waals surface area contributed by atoms with Crippen molar-refractivity contribution >= 4 is 22.6 Å². The van der Waals surface area contributed by atoms with Crippen molar-refractivity contribution in [2.24, 2.45) is 5.92 Å². The second-order valence-electron chi connectivity index (χ2n) is 13.0. The maximum atomic E-state index is 15.5. The van der Waals surface area contributed by atoms with E-state index in [1.807, 2.05) is 4.90 Å². The van der Waals surface area contributed by atoms with Crippen LogP contribution in [0.15, 0.2) is 30.3 Å². The molecule has 1 aromatic heterocycles. The molecule has 0 radical (unpaired) electrons. The van der Waals surface area contributed by atoms with Gasteiger partial charge in [-0.25, -0.2) is 9.37 Å². The molecule has 2 saturated heterocycles. The summed E-state index contributed by atoms with van der Waals surface area (Å²) in [4.78, 5) is 23.0. The lowest BCUT2D eigenvalue weighted by Gasteiger charge is -2.39. The van der Waals surface area contributed by atoms with Crippen LogP contribution in [0, 0.1) is 11.7 Å². The lowest BCUT2D eigenvalue weighted by molar-refractivity contribution is 0.0170. The lowest BCUT2D eigenvalue weighted by Crippen LogP contribution is -2.47. The van der Waals surface area contributed by atoms with Crippen molar-refractivity contribution in [3.63, 3.8) is 0 Å². The van der Waals surface area contributed by atoms with E-state index in [4.69, 9.17) is 15.2 Å². The van der Waals surface area contributed by atoms with Crippen molar-refractivity contribution in [2.75, 3.05) is 25.4 Å². The Morgan fingerprint density at radius 1 is 1.07 bits per heavy atom. The highest BCUT2D eigenvalue weighted by molar-refractivity contribution is 6.00. The van der Waals surface area contributed by atoms with E-state index in [2.05, 4.69) is 35.0 Å². The summed E-state index contributed by atoms with van der Waals surface area (Å²) in [6.45, 7) is 5.76. The van der Waals surface area contributed by atoms with Crippen LogP contribution in [0.2, 0.25) is 0 Å². The number of nitrogens with zero attached hydrogens (tertiary/aromatic N) is 3. The summed E-state index contributed by atoms with van der Waals surface area (Å²) in [5.41, 5.74) is 10.6. The lowest BCUT2D eigenvalue weighted by atomic mass is 9.85. The van der Waals surface area contributed by atoms with Gasteiger partial charge in [0.25, 0.3) is 5.91 Å². The number of fused-ring (bicyclic) bond motifs is 4. The first-order valence-electron chi connectivity index (χ1n) is 15.2. The van der Waals surface area contributed by atoms with Gasteiger partial charge in [0.15, 0.2) is 0 Å². The number of hydrogen-bond acceptors (Lipinski definition) is 6. The summed E-state index contributed by atoms with van der Waals surface area (Å²) in [6, 6.07) is 10.2. The zero-order valence-electron chi connectivity index (χ0n) is 23.6. The molecular weight excluding hydrogens is 519 g/mol. The second-order valence-corrected chi connectivity index (χ2v) is 13.0. The highest BCUT2D eigenvalue weighted by Gasteiger charge is 2.45. The number of nitrogen functional groups attached to an aromatic ring is 1. The number of benzene rings is 2. The van der Waals surface area contributed by atoms with E-state index in [0.717, 1.165) is 79.1 Å². The van der Waals surface area contributed by atoms with Crippen molar-refractivity contribution in [3.8, 4) is 5.75 Å². The van der Waals surface area contributed by atoms with Gasteiger partial charge in [0.2, 0.25) is 0 Å². The Balaban J connectivity index is 1.09. The highest BCUT2D eigenvalue weighted by Crippen LogP contribution is 2.45. The zero-order valence-corrected chi connectivity index (χ0v) is 23.6. The third-order valence-corrected chi connectivity index (χ3v) is 10.2.